The summed E-state index contributed by atoms with van der Waals surface area (Å²) in [5.41, 5.74) is 2.16. The zero-order valence-electron chi connectivity index (χ0n) is 11.4. The summed E-state index contributed by atoms with van der Waals surface area (Å²) in [5, 5.41) is 0. The number of benzene rings is 2. The smallest absolute Gasteiger partial charge is 0.189 e. The first kappa shape index (κ1) is 14.0. The zero-order chi connectivity index (χ0) is 14.5. The third kappa shape index (κ3) is 3.32. The van der Waals surface area contributed by atoms with Crippen molar-refractivity contribution in [3.05, 3.63) is 71.0 Å². The third-order valence-electron chi connectivity index (χ3n) is 2.90. The molecule has 0 heterocycles. The van der Waals surface area contributed by atoms with Crippen LogP contribution in [0.2, 0.25) is 0 Å². The minimum atomic E-state index is -0.326. The molecule has 0 unspecified atom stereocenters. The predicted molar refractivity (Wildman–Crippen MR) is 77.5 cm³/mol. The number of ketones is 1. The highest BCUT2D eigenvalue weighted by molar-refractivity contribution is 6.08. The third-order valence-corrected chi connectivity index (χ3v) is 2.90. The molecule has 0 N–H and O–H groups in total. The largest absolute Gasteiger partial charge is 0.496 e. The number of allylic oxidation sites excluding steroid dienone is 1. The lowest BCUT2D eigenvalue weighted by Gasteiger charge is -2.06. The summed E-state index contributed by atoms with van der Waals surface area (Å²) in [6.45, 7) is 1.93. The van der Waals surface area contributed by atoms with Crippen molar-refractivity contribution in [2.24, 2.45) is 0 Å². The predicted octanol–water partition coefficient (Wildman–Crippen LogP) is 4.04. The Balaban J connectivity index is 2.24. The minimum Gasteiger partial charge on any atom is -0.496 e. The van der Waals surface area contributed by atoms with E-state index < -0.39 is 0 Å². The van der Waals surface area contributed by atoms with Crippen molar-refractivity contribution in [2.75, 3.05) is 7.11 Å². The first-order valence-electron chi connectivity index (χ1n) is 6.23. The van der Waals surface area contributed by atoms with Gasteiger partial charge in [-0.1, -0.05) is 24.3 Å². The summed E-state index contributed by atoms with van der Waals surface area (Å²) in [7, 11) is 1.53. The Kier molecular flexibility index (Phi) is 4.31. The van der Waals surface area contributed by atoms with Crippen LogP contribution in [0, 0.1) is 12.7 Å². The molecule has 0 atom stereocenters. The Hall–Kier alpha value is -2.42. The molecule has 102 valence electrons. The second-order valence-electron chi connectivity index (χ2n) is 4.46. The van der Waals surface area contributed by atoms with E-state index in [1.54, 1.807) is 24.3 Å². The van der Waals surface area contributed by atoms with Crippen LogP contribution >= 0.6 is 0 Å². The van der Waals surface area contributed by atoms with Crippen molar-refractivity contribution in [3.8, 4) is 5.75 Å². The molecule has 0 amide bonds. The summed E-state index contributed by atoms with van der Waals surface area (Å²) in [4.78, 5) is 12.1. The molecular formula is C17H15FO2. The van der Waals surface area contributed by atoms with E-state index in [1.807, 2.05) is 19.1 Å². The second kappa shape index (κ2) is 6.15. The zero-order valence-corrected chi connectivity index (χ0v) is 11.4. The molecule has 0 aromatic heterocycles. The highest BCUT2D eigenvalue weighted by Crippen LogP contribution is 2.21. The quantitative estimate of drug-likeness (QED) is 0.619. The monoisotopic (exact) mass is 270 g/mol. The minimum absolute atomic E-state index is 0.175. The standard InChI is InChI=1S/C17H15FO2/c1-12-6-8-15(17(10-12)20-2)16(19)9-7-13-4-3-5-14(18)11-13/h3-11H,1-2H3/b9-7+. The van der Waals surface area contributed by atoms with E-state index in [-0.39, 0.29) is 11.6 Å². The Labute approximate surface area is 117 Å². The van der Waals surface area contributed by atoms with E-state index in [2.05, 4.69) is 0 Å². The summed E-state index contributed by atoms with van der Waals surface area (Å²) >= 11 is 0. The van der Waals surface area contributed by atoms with E-state index in [4.69, 9.17) is 4.74 Å². The molecule has 0 fully saturated rings. The first-order valence-corrected chi connectivity index (χ1v) is 6.23. The second-order valence-corrected chi connectivity index (χ2v) is 4.46. The molecular weight excluding hydrogens is 255 g/mol. The van der Waals surface area contributed by atoms with Crippen LogP contribution in [0.5, 0.6) is 5.75 Å². The van der Waals surface area contributed by atoms with Crippen molar-refractivity contribution < 1.29 is 13.9 Å². The number of halogens is 1. The van der Waals surface area contributed by atoms with Gasteiger partial charge in [0.2, 0.25) is 0 Å². The van der Waals surface area contributed by atoms with Gasteiger partial charge >= 0.3 is 0 Å². The molecule has 0 aliphatic rings. The van der Waals surface area contributed by atoms with Gasteiger partial charge in [-0.2, -0.15) is 0 Å². The van der Waals surface area contributed by atoms with Crippen LogP contribution in [0.4, 0.5) is 4.39 Å². The number of aryl methyl sites for hydroxylation is 1. The Bertz CT molecular complexity index is 660. The highest BCUT2D eigenvalue weighted by atomic mass is 19.1. The molecule has 2 nitrogen and oxygen atoms in total. The van der Waals surface area contributed by atoms with Gasteiger partial charge in [-0.3, -0.25) is 4.79 Å². The summed E-state index contributed by atoms with van der Waals surface area (Å²) in [5.74, 6) is 0.0394. The number of hydrogen-bond donors (Lipinski definition) is 0. The lowest BCUT2D eigenvalue weighted by Crippen LogP contribution is -1.99. The Morgan fingerprint density at radius 1 is 1.20 bits per heavy atom. The van der Waals surface area contributed by atoms with Gasteiger partial charge in [0.05, 0.1) is 12.7 Å². The molecule has 20 heavy (non-hydrogen) atoms. The van der Waals surface area contributed by atoms with Gasteiger partial charge in [-0.05, 0) is 48.4 Å². The van der Waals surface area contributed by atoms with Crippen LogP contribution < -0.4 is 4.74 Å². The summed E-state index contributed by atoms with van der Waals surface area (Å²) in [6, 6.07) is 11.5. The number of carbonyl (C=O) groups is 1. The molecule has 0 saturated carbocycles. The van der Waals surface area contributed by atoms with Gasteiger partial charge in [-0.25, -0.2) is 4.39 Å². The molecule has 2 aromatic rings. The normalized spacial score (nSPS) is 10.8. The maximum atomic E-state index is 13.0. The number of hydrogen-bond acceptors (Lipinski definition) is 2. The lowest BCUT2D eigenvalue weighted by molar-refractivity contribution is 0.104. The van der Waals surface area contributed by atoms with Crippen LogP contribution in [0.15, 0.2) is 48.5 Å². The fourth-order valence-corrected chi connectivity index (χ4v) is 1.87. The maximum absolute atomic E-state index is 13.0. The van der Waals surface area contributed by atoms with Gasteiger partial charge in [0.25, 0.3) is 0 Å². The van der Waals surface area contributed by atoms with E-state index in [0.717, 1.165) is 5.56 Å². The Morgan fingerprint density at radius 2 is 2.00 bits per heavy atom. The Morgan fingerprint density at radius 3 is 2.70 bits per heavy atom. The average molecular weight is 270 g/mol. The molecule has 0 spiro atoms. The topological polar surface area (TPSA) is 26.3 Å². The van der Waals surface area contributed by atoms with E-state index >= 15 is 0 Å². The fourth-order valence-electron chi connectivity index (χ4n) is 1.87. The van der Waals surface area contributed by atoms with Crippen molar-refractivity contribution in [1.82, 2.24) is 0 Å². The average Bonchev–Trinajstić information content (AvgIpc) is 2.44. The molecule has 2 aromatic carbocycles. The first-order chi connectivity index (χ1) is 9.60. The number of methoxy groups -OCH3 is 1. The maximum Gasteiger partial charge on any atom is 0.189 e. The van der Waals surface area contributed by atoms with Crippen LogP contribution in [0.3, 0.4) is 0 Å². The van der Waals surface area contributed by atoms with Gasteiger partial charge in [0.1, 0.15) is 11.6 Å². The fraction of sp³-hybridized carbons (Fsp3) is 0.118. The molecule has 0 saturated heterocycles. The van der Waals surface area contributed by atoms with E-state index in [9.17, 15) is 9.18 Å². The highest BCUT2D eigenvalue weighted by Gasteiger charge is 2.09. The van der Waals surface area contributed by atoms with Crippen molar-refractivity contribution in [3.63, 3.8) is 0 Å². The van der Waals surface area contributed by atoms with Gasteiger partial charge in [0.15, 0.2) is 5.78 Å². The molecule has 0 aliphatic heterocycles. The van der Waals surface area contributed by atoms with Crippen LogP contribution in [-0.2, 0) is 0 Å². The summed E-state index contributed by atoms with van der Waals surface area (Å²) < 4.78 is 18.2. The summed E-state index contributed by atoms with van der Waals surface area (Å²) in [6.07, 6.45) is 3.01. The van der Waals surface area contributed by atoms with Crippen LogP contribution in [-0.4, -0.2) is 12.9 Å². The number of ether oxygens (including phenoxy) is 1. The van der Waals surface area contributed by atoms with E-state index in [0.29, 0.717) is 16.9 Å². The molecule has 2 rings (SSSR count). The molecule has 0 radical (unpaired) electrons. The van der Waals surface area contributed by atoms with Crippen molar-refractivity contribution >= 4 is 11.9 Å². The van der Waals surface area contributed by atoms with Gasteiger partial charge in [-0.15, -0.1) is 0 Å². The number of carbonyl (C=O) groups excluding carboxylic acids is 1. The van der Waals surface area contributed by atoms with Gasteiger partial charge in [0, 0.05) is 0 Å². The van der Waals surface area contributed by atoms with Crippen molar-refractivity contribution in [2.45, 2.75) is 6.92 Å². The van der Waals surface area contributed by atoms with Gasteiger partial charge < -0.3 is 4.74 Å². The van der Waals surface area contributed by atoms with E-state index in [1.165, 1.54) is 25.3 Å². The molecule has 3 heteroatoms. The van der Waals surface area contributed by atoms with Crippen molar-refractivity contribution in [1.29, 1.82) is 0 Å². The lowest BCUT2D eigenvalue weighted by atomic mass is 10.1. The number of rotatable bonds is 4. The molecule has 0 aliphatic carbocycles. The van der Waals surface area contributed by atoms with Crippen LogP contribution in [0.1, 0.15) is 21.5 Å². The van der Waals surface area contributed by atoms with Crippen LogP contribution in [0.25, 0.3) is 6.08 Å². The SMILES string of the molecule is COc1cc(C)ccc1C(=O)/C=C/c1cccc(F)c1. The molecule has 0 bridgehead atoms.